The molecule has 0 aromatic carbocycles. The van der Waals surface area contributed by atoms with E-state index in [-0.39, 0.29) is 10.8 Å². The minimum atomic E-state index is -0.787. The zero-order chi connectivity index (χ0) is 18.4. The Balaban J connectivity index is 2.37. The largest absolute Gasteiger partial charge is 0.390 e. The summed E-state index contributed by atoms with van der Waals surface area (Å²) in [6.45, 7) is 17.3. The molecule has 0 heterocycles. The second-order valence-corrected chi connectivity index (χ2v) is 10.5. The lowest BCUT2D eigenvalue weighted by molar-refractivity contribution is -0.0734. The Labute approximate surface area is 149 Å². The van der Waals surface area contributed by atoms with Gasteiger partial charge in [0.1, 0.15) is 0 Å². The third-order valence-electron chi connectivity index (χ3n) is 7.62. The summed E-state index contributed by atoms with van der Waals surface area (Å²) < 4.78 is 0. The van der Waals surface area contributed by atoms with Crippen molar-refractivity contribution in [2.75, 3.05) is 0 Å². The minimum Gasteiger partial charge on any atom is -0.390 e. The molecule has 0 aromatic rings. The van der Waals surface area contributed by atoms with Crippen LogP contribution in [0.3, 0.4) is 0 Å². The van der Waals surface area contributed by atoms with Crippen molar-refractivity contribution < 1.29 is 10.2 Å². The summed E-state index contributed by atoms with van der Waals surface area (Å²) in [5.74, 6) is 1.56. The molecular weight excluding hydrogens is 296 g/mol. The quantitative estimate of drug-likeness (QED) is 0.681. The number of hydrogen-bond acceptors (Lipinski definition) is 2. The highest BCUT2D eigenvalue weighted by Gasteiger charge is 2.55. The van der Waals surface area contributed by atoms with Crippen molar-refractivity contribution in [1.29, 1.82) is 0 Å². The van der Waals surface area contributed by atoms with Crippen LogP contribution in [0.4, 0.5) is 0 Å². The van der Waals surface area contributed by atoms with E-state index in [0.29, 0.717) is 17.8 Å². The van der Waals surface area contributed by atoms with E-state index in [1.807, 2.05) is 13.8 Å². The highest BCUT2D eigenvalue weighted by Crippen LogP contribution is 2.62. The molecule has 2 nitrogen and oxygen atoms in total. The summed E-state index contributed by atoms with van der Waals surface area (Å²) in [7, 11) is 0. The molecule has 2 saturated carbocycles. The highest BCUT2D eigenvalue weighted by molar-refractivity contribution is 5.05. The van der Waals surface area contributed by atoms with Gasteiger partial charge in [-0.25, -0.2) is 0 Å². The first-order chi connectivity index (χ1) is 10.8. The van der Waals surface area contributed by atoms with Gasteiger partial charge < -0.3 is 10.2 Å². The maximum Gasteiger partial charge on any atom is 0.0797 e. The number of fused-ring (bicyclic) bond motifs is 1. The summed E-state index contributed by atoms with van der Waals surface area (Å²) >= 11 is 0. The Morgan fingerprint density at radius 1 is 1.17 bits per heavy atom. The van der Waals surface area contributed by atoms with Gasteiger partial charge in [0.25, 0.3) is 0 Å². The molecule has 0 aromatic heterocycles. The first kappa shape index (κ1) is 20.0. The second-order valence-electron chi connectivity index (χ2n) is 10.5. The average molecular weight is 337 g/mol. The van der Waals surface area contributed by atoms with E-state index in [1.165, 1.54) is 19.3 Å². The fourth-order valence-electron chi connectivity index (χ4n) is 6.29. The Morgan fingerprint density at radius 3 is 2.38 bits per heavy atom. The van der Waals surface area contributed by atoms with Crippen molar-refractivity contribution in [2.45, 2.75) is 97.7 Å². The van der Waals surface area contributed by atoms with E-state index in [9.17, 15) is 10.2 Å². The second kappa shape index (κ2) is 6.43. The zero-order valence-corrected chi connectivity index (χ0v) is 16.9. The molecule has 2 heteroatoms. The molecule has 2 aliphatic carbocycles. The van der Waals surface area contributed by atoms with Gasteiger partial charge in [0.15, 0.2) is 0 Å². The topological polar surface area (TPSA) is 40.5 Å². The molecule has 0 radical (unpaired) electrons. The maximum absolute atomic E-state index is 11.0. The molecular formula is C22H40O2. The summed E-state index contributed by atoms with van der Waals surface area (Å²) in [5, 5.41) is 21.5. The Kier molecular flexibility index (Phi) is 5.35. The van der Waals surface area contributed by atoms with Crippen LogP contribution in [-0.4, -0.2) is 21.4 Å². The molecule has 2 rings (SSSR count). The SMILES string of the molecule is C=CC(C)(O)CCC1C(C)C[C@](C)(O)CC2C(C)(C)CCCC12C. The lowest BCUT2D eigenvalue weighted by Gasteiger charge is -2.55. The van der Waals surface area contributed by atoms with Crippen LogP contribution in [0.25, 0.3) is 0 Å². The van der Waals surface area contributed by atoms with Gasteiger partial charge in [-0.15, -0.1) is 6.58 Å². The summed E-state index contributed by atoms with van der Waals surface area (Å²) in [6.07, 6.45) is 9.02. The smallest absolute Gasteiger partial charge is 0.0797 e. The normalized spacial score (nSPS) is 44.9. The minimum absolute atomic E-state index is 0.249. The van der Waals surface area contributed by atoms with Gasteiger partial charge in [0.2, 0.25) is 0 Å². The van der Waals surface area contributed by atoms with Gasteiger partial charge in [-0.2, -0.15) is 0 Å². The molecule has 0 aliphatic heterocycles. The van der Waals surface area contributed by atoms with Crippen molar-refractivity contribution in [2.24, 2.45) is 28.6 Å². The molecule has 2 N–H and O–H groups in total. The number of aliphatic hydroxyl groups is 2. The van der Waals surface area contributed by atoms with Crippen LogP contribution in [0, 0.1) is 28.6 Å². The average Bonchev–Trinajstić information content (AvgIpc) is 2.49. The molecule has 2 aliphatic rings. The first-order valence-electron chi connectivity index (χ1n) is 9.91. The molecule has 0 bridgehead atoms. The van der Waals surface area contributed by atoms with E-state index >= 15 is 0 Å². The molecule has 24 heavy (non-hydrogen) atoms. The van der Waals surface area contributed by atoms with E-state index in [0.717, 1.165) is 25.7 Å². The lowest BCUT2D eigenvalue weighted by Crippen LogP contribution is -2.48. The van der Waals surface area contributed by atoms with E-state index in [4.69, 9.17) is 0 Å². The molecule has 5 unspecified atom stereocenters. The van der Waals surface area contributed by atoms with Crippen LogP contribution in [0.1, 0.15) is 86.5 Å². The van der Waals surface area contributed by atoms with E-state index in [1.54, 1.807) is 6.08 Å². The van der Waals surface area contributed by atoms with Gasteiger partial charge in [-0.1, -0.05) is 40.2 Å². The van der Waals surface area contributed by atoms with Crippen LogP contribution in [0.15, 0.2) is 12.7 Å². The van der Waals surface area contributed by atoms with Crippen molar-refractivity contribution in [3.8, 4) is 0 Å². The highest BCUT2D eigenvalue weighted by atomic mass is 16.3. The fraction of sp³-hybridized carbons (Fsp3) is 0.909. The monoisotopic (exact) mass is 336 g/mol. The zero-order valence-electron chi connectivity index (χ0n) is 16.9. The van der Waals surface area contributed by atoms with Gasteiger partial charge in [0.05, 0.1) is 11.2 Å². The molecule has 2 fully saturated rings. The van der Waals surface area contributed by atoms with Crippen molar-refractivity contribution in [1.82, 2.24) is 0 Å². The van der Waals surface area contributed by atoms with Crippen molar-refractivity contribution in [3.63, 3.8) is 0 Å². The molecule has 140 valence electrons. The third-order valence-corrected chi connectivity index (χ3v) is 7.62. The third kappa shape index (κ3) is 3.90. The summed E-state index contributed by atoms with van der Waals surface area (Å²) in [6, 6.07) is 0. The van der Waals surface area contributed by atoms with Gasteiger partial charge in [0, 0.05) is 0 Å². The first-order valence-corrected chi connectivity index (χ1v) is 9.91. The molecule has 0 amide bonds. The molecule has 6 atom stereocenters. The molecule has 0 saturated heterocycles. The summed E-state index contributed by atoms with van der Waals surface area (Å²) in [5.41, 5.74) is -0.834. The van der Waals surface area contributed by atoms with Crippen LogP contribution in [-0.2, 0) is 0 Å². The van der Waals surface area contributed by atoms with Crippen LogP contribution >= 0.6 is 0 Å². The Hall–Kier alpha value is -0.340. The predicted molar refractivity (Wildman–Crippen MR) is 102 cm³/mol. The van der Waals surface area contributed by atoms with Crippen molar-refractivity contribution >= 4 is 0 Å². The van der Waals surface area contributed by atoms with Gasteiger partial charge in [-0.3, -0.25) is 0 Å². The van der Waals surface area contributed by atoms with Crippen LogP contribution in [0.5, 0.6) is 0 Å². The summed E-state index contributed by atoms with van der Waals surface area (Å²) in [4.78, 5) is 0. The van der Waals surface area contributed by atoms with Crippen LogP contribution < -0.4 is 0 Å². The molecule has 0 spiro atoms. The van der Waals surface area contributed by atoms with Crippen LogP contribution in [0.2, 0.25) is 0 Å². The Bertz CT molecular complexity index is 463. The van der Waals surface area contributed by atoms with Gasteiger partial charge >= 0.3 is 0 Å². The van der Waals surface area contributed by atoms with Crippen molar-refractivity contribution in [3.05, 3.63) is 12.7 Å². The van der Waals surface area contributed by atoms with E-state index in [2.05, 4.69) is 34.3 Å². The Morgan fingerprint density at radius 2 is 1.79 bits per heavy atom. The van der Waals surface area contributed by atoms with E-state index < -0.39 is 11.2 Å². The lowest BCUT2D eigenvalue weighted by atomic mass is 9.50. The van der Waals surface area contributed by atoms with Gasteiger partial charge in [-0.05, 0) is 81.0 Å². The number of hydrogen-bond donors (Lipinski definition) is 2. The fourth-order valence-corrected chi connectivity index (χ4v) is 6.29. The maximum atomic E-state index is 11.0. The number of rotatable bonds is 4. The predicted octanol–water partition coefficient (Wildman–Crippen LogP) is 5.33. The standard InChI is InChI=1S/C22H40O2/c1-8-20(5,23)13-10-17-16(2)14-21(6,24)15-18-19(3,4)11-9-12-22(17,18)7/h8,16-18,23-24H,1,9-15H2,2-7H3/t16?,17?,18?,20?,21-,22?/m0/s1.